The van der Waals surface area contributed by atoms with Crippen molar-refractivity contribution in [3.63, 3.8) is 0 Å². The third-order valence-electron chi connectivity index (χ3n) is 8.93. The fourth-order valence-electron chi connectivity index (χ4n) is 7.93. The molecule has 1 saturated heterocycles. The first-order valence-electron chi connectivity index (χ1n) is 14.5. The minimum absolute atomic E-state index is 0.172. The van der Waals surface area contributed by atoms with Gasteiger partial charge in [0.15, 0.2) is 0 Å². The average molecular weight is 498 g/mol. The molecule has 5 rings (SSSR count). The number of ether oxygens (including phenoxy) is 2. The zero-order valence-corrected chi connectivity index (χ0v) is 23.1. The zero-order chi connectivity index (χ0) is 25.9. The summed E-state index contributed by atoms with van der Waals surface area (Å²) in [6.45, 7) is 11.3. The van der Waals surface area contributed by atoms with E-state index in [1.54, 1.807) is 5.57 Å². The maximum absolute atomic E-state index is 6.68. The van der Waals surface area contributed by atoms with E-state index < -0.39 is 0 Å². The van der Waals surface area contributed by atoms with Crippen molar-refractivity contribution in [2.75, 3.05) is 19.8 Å². The molecular formula is C34H43NO2. The standard InChI is InChI=1S/C34H43NO2/c1-5-23-35-31(6-2)33(22-24-36-7-3,27-18-13-10-14-19-27)30-21-15-20-29-28(26-16-11-9-12-17-26)25-32(37-8-4)34(29,30)35/h9-14,16-19,22,24-25,30-31H,5-8,15,20-21,23H2,1-4H3/b24-22-/t30?,31-,33-,34?/m1/s1. The van der Waals surface area contributed by atoms with E-state index in [1.807, 2.05) is 6.26 Å². The quantitative estimate of drug-likeness (QED) is 0.311. The van der Waals surface area contributed by atoms with Gasteiger partial charge < -0.3 is 9.47 Å². The van der Waals surface area contributed by atoms with Crippen molar-refractivity contribution in [2.45, 2.75) is 76.8 Å². The smallest absolute Gasteiger partial charge is 0.121 e. The van der Waals surface area contributed by atoms with E-state index in [0.29, 0.717) is 25.2 Å². The molecule has 37 heavy (non-hydrogen) atoms. The predicted molar refractivity (Wildman–Crippen MR) is 153 cm³/mol. The van der Waals surface area contributed by atoms with Gasteiger partial charge in [-0.15, -0.1) is 0 Å². The van der Waals surface area contributed by atoms with Crippen molar-refractivity contribution in [1.82, 2.24) is 4.90 Å². The summed E-state index contributed by atoms with van der Waals surface area (Å²) in [6.07, 6.45) is 12.5. The van der Waals surface area contributed by atoms with Crippen LogP contribution < -0.4 is 0 Å². The summed E-state index contributed by atoms with van der Waals surface area (Å²) >= 11 is 0. The van der Waals surface area contributed by atoms with Crippen LogP contribution in [0.3, 0.4) is 0 Å². The first-order chi connectivity index (χ1) is 18.2. The molecule has 4 atom stereocenters. The van der Waals surface area contributed by atoms with E-state index in [9.17, 15) is 0 Å². The maximum Gasteiger partial charge on any atom is 0.121 e. The first kappa shape index (κ1) is 25.9. The summed E-state index contributed by atoms with van der Waals surface area (Å²) in [6, 6.07) is 22.5. The third-order valence-corrected chi connectivity index (χ3v) is 8.93. The summed E-state index contributed by atoms with van der Waals surface area (Å²) in [5.41, 5.74) is 5.23. The molecule has 0 radical (unpaired) electrons. The topological polar surface area (TPSA) is 21.7 Å². The van der Waals surface area contributed by atoms with Gasteiger partial charge in [0.2, 0.25) is 0 Å². The highest BCUT2D eigenvalue weighted by Crippen LogP contribution is 2.66. The minimum atomic E-state index is -0.234. The fraction of sp³-hybridized carbons (Fsp3) is 0.471. The van der Waals surface area contributed by atoms with Crippen LogP contribution in [0, 0.1) is 5.92 Å². The highest BCUT2D eigenvalue weighted by atomic mass is 16.5. The number of rotatable bonds is 10. The molecule has 3 nitrogen and oxygen atoms in total. The summed E-state index contributed by atoms with van der Waals surface area (Å²) in [5.74, 6) is 1.52. The highest BCUT2D eigenvalue weighted by molar-refractivity contribution is 5.84. The summed E-state index contributed by atoms with van der Waals surface area (Å²) in [7, 11) is 0. The van der Waals surface area contributed by atoms with Crippen LogP contribution in [0.25, 0.3) is 5.57 Å². The molecule has 0 bridgehead atoms. The average Bonchev–Trinajstić information content (AvgIpc) is 3.40. The third kappa shape index (κ3) is 3.89. The Morgan fingerprint density at radius 1 is 0.946 bits per heavy atom. The lowest BCUT2D eigenvalue weighted by Gasteiger charge is -2.48. The molecule has 1 aliphatic heterocycles. The van der Waals surface area contributed by atoms with Crippen molar-refractivity contribution in [3.05, 3.63) is 102 Å². The fourth-order valence-corrected chi connectivity index (χ4v) is 7.93. The molecule has 0 amide bonds. The van der Waals surface area contributed by atoms with Crippen molar-refractivity contribution in [3.8, 4) is 0 Å². The van der Waals surface area contributed by atoms with Gasteiger partial charge >= 0.3 is 0 Å². The molecule has 1 spiro atoms. The normalized spacial score (nSPS) is 29.4. The van der Waals surface area contributed by atoms with Gasteiger partial charge in [0.05, 0.1) is 19.5 Å². The summed E-state index contributed by atoms with van der Waals surface area (Å²) in [4.78, 5) is 2.85. The van der Waals surface area contributed by atoms with Crippen molar-refractivity contribution >= 4 is 5.57 Å². The molecular weight excluding hydrogens is 454 g/mol. The molecule has 196 valence electrons. The molecule has 2 aromatic carbocycles. The lowest BCUT2D eigenvalue weighted by Crippen LogP contribution is -2.54. The van der Waals surface area contributed by atoms with Gasteiger partial charge in [-0.2, -0.15) is 0 Å². The Bertz CT molecular complexity index is 1150. The van der Waals surface area contributed by atoms with Crippen LogP contribution in [-0.4, -0.2) is 36.2 Å². The Kier molecular flexibility index (Phi) is 7.62. The van der Waals surface area contributed by atoms with Gasteiger partial charge in [-0.05, 0) is 86.9 Å². The number of benzene rings is 2. The Morgan fingerprint density at radius 2 is 1.68 bits per heavy atom. The van der Waals surface area contributed by atoms with Crippen LogP contribution in [0.2, 0.25) is 0 Å². The molecule has 1 saturated carbocycles. The number of nitrogens with zero attached hydrogens (tertiary/aromatic N) is 1. The molecule has 0 N–H and O–H groups in total. The second-order valence-corrected chi connectivity index (χ2v) is 10.6. The molecule has 0 aromatic heterocycles. The molecule has 2 fully saturated rings. The van der Waals surface area contributed by atoms with Gasteiger partial charge in [-0.1, -0.05) is 74.5 Å². The van der Waals surface area contributed by atoms with Crippen LogP contribution >= 0.6 is 0 Å². The van der Waals surface area contributed by atoms with Crippen LogP contribution in [-0.2, 0) is 14.9 Å². The number of hydrogen-bond acceptors (Lipinski definition) is 3. The second-order valence-electron chi connectivity index (χ2n) is 10.6. The van der Waals surface area contributed by atoms with Gasteiger partial charge in [0, 0.05) is 17.4 Å². The van der Waals surface area contributed by atoms with E-state index in [2.05, 4.69) is 105 Å². The van der Waals surface area contributed by atoms with E-state index >= 15 is 0 Å². The maximum atomic E-state index is 6.68. The number of hydrogen-bond donors (Lipinski definition) is 0. The first-order valence-corrected chi connectivity index (χ1v) is 14.5. The van der Waals surface area contributed by atoms with Gasteiger partial charge in [0.25, 0.3) is 0 Å². The lowest BCUT2D eigenvalue weighted by atomic mass is 9.57. The zero-order valence-electron chi connectivity index (χ0n) is 23.1. The molecule has 2 aromatic rings. The molecule has 1 heterocycles. The Hall–Kier alpha value is -2.78. The monoisotopic (exact) mass is 497 g/mol. The summed E-state index contributed by atoms with van der Waals surface area (Å²) < 4.78 is 12.6. The minimum Gasteiger partial charge on any atom is -0.502 e. The van der Waals surface area contributed by atoms with Crippen molar-refractivity contribution in [1.29, 1.82) is 0 Å². The molecule has 3 heteroatoms. The van der Waals surface area contributed by atoms with Gasteiger partial charge in [0.1, 0.15) is 11.3 Å². The van der Waals surface area contributed by atoms with Crippen LogP contribution in [0.15, 0.2) is 90.4 Å². The van der Waals surface area contributed by atoms with Crippen LogP contribution in [0.4, 0.5) is 0 Å². The van der Waals surface area contributed by atoms with Gasteiger partial charge in [-0.25, -0.2) is 0 Å². The Balaban J connectivity index is 1.83. The second kappa shape index (κ2) is 10.9. The van der Waals surface area contributed by atoms with Crippen LogP contribution in [0.5, 0.6) is 0 Å². The molecule has 2 unspecified atom stereocenters. The SMILES string of the molecule is CCCN1[C@H](CC)[C@](/C=C\OCC)(c2ccccc2)C2CCCC3=C(c4ccccc4)C=C(OCC)C321. The van der Waals surface area contributed by atoms with E-state index in [0.717, 1.165) is 38.0 Å². The Labute approximate surface area is 223 Å². The van der Waals surface area contributed by atoms with E-state index in [-0.39, 0.29) is 11.0 Å². The predicted octanol–water partition coefficient (Wildman–Crippen LogP) is 7.91. The van der Waals surface area contributed by atoms with E-state index in [1.165, 1.54) is 23.1 Å². The number of allylic oxidation sites excluding steroid dienone is 2. The molecule has 3 aliphatic rings. The largest absolute Gasteiger partial charge is 0.502 e. The highest BCUT2D eigenvalue weighted by Gasteiger charge is 2.70. The lowest BCUT2D eigenvalue weighted by molar-refractivity contribution is 0.0556. The molecule has 2 aliphatic carbocycles. The number of likely N-dealkylation sites (tertiary alicyclic amines) is 1. The van der Waals surface area contributed by atoms with Gasteiger partial charge in [-0.3, -0.25) is 4.90 Å². The van der Waals surface area contributed by atoms with Crippen molar-refractivity contribution in [2.24, 2.45) is 5.92 Å². The summed E-state index contributed by atoms with van der Waals surface area (Å²) in [5, 5.41) is 0. The van der Waals surface area contributed by atoms with E-state index in [4.69, 9.17) is 9.47 Å². The van der Waals surface area contributed by atoms with Crippen molar-refractivity contribution < 1.29 is 9.47 Å². The van der Waals surface area contributed by atoms with Crippen LogP contribution in [0.1, 0.15) is 70.9 Å². The Morgan fingerprint density at radius 3 is 2.32 bits per heavy atom.